The molecule has 1 aromatic carbocycles. The Hall–Kier alpha value is -2.54. The van der Waals surface area contributed by atoms with Crippen LogP contribution in [0.5, 0.6) is 0 Å². The smallest absolute Gasteiger partial charge is 0.246 e. The molecule has 2 N–H and O–H groups in total. The Kier molecular flexibility index (Phi) is 10.8. The summed E-state index contributed by atoms with van der Waals surface area (Å²) in [5, 5.41) is 5.58. The molecule has 0 aliphatic rings. The minimum absolute atomic E-state index is 0.0847. The minimum Gasteiger partial charge on any atom is -0.343 e. The summed E-state index contributed by atoms with van der Waals surface area (Å²) in [6.45, 7) is 3.51. The number of anilines is 1. The van der Waals surface area contributed by atoms with E-state index in [2.05, 4.69) is 10.6 Å². The SMILES string of the molecule is CCC(=O)CCCCCC(NC(=O)CN(C)C)C(=O)Nc1cccc(C(C)=O)c1. The Bertz CT molecular complexity index is 716. The lowest BCUT2D eigenvalue weighted by Gasteiger charge is -2.20. The van der Waals surface area contributed by atoms with Gasteiger partial charge in [-0.05, 0) is 46.0 Å². The fourth-order valence-electron chi connectivity index (χ4n) is 2.87. The summed E-state index contributed by atoms with van der Waals surface area (Å²) in [7, 11) is 3.57. The van der Waals surface area contributed by atoms with Gasteiger partial charge in [-0.3, -0.25) is 19.2 Å². The molecule has 0 heterocycles. The highest BCUT2D eigenvalue weighted by Crippen LogP contribution is 2.13. The van der Waals surface area contributed by atoms with Gasteiger partial charge in [0.15, 0.2) is 5.78 Å². The van der Waals surface area contributed by atoms with Crippen molar-refractivity contribution in [3.8, 4) is 0 Å². The van der Waals surface area contributed by atoms with E-state index in [1.54, 1.807) is 43.3 Å². The Morgan fingerprint density at radius 2 is 1.79 bits per heavy atom. The number of rotatable bonds is 13. The van der Waals surface area contributed by atoms with Crippen LogP contribution in [-0.4, -0.2) is 55.0 Å². The molecule has 1 unspecified atom stereocenters. The Morgan fingerprint density at radius 3 is 2.41 bits per heavy atom. The van der Waals surface area contributed by atoms with Gasteiger partial charge in [-0.1, -0.05) is 31.9 Å². The Labute approximate surface area is 173 Å². The number of carbonyl (C=O) groups excluding carboxylic acids is 4. The van der Waals surface area contributed by atoms with Gasteiger partial charge in [-0.2, -0.15) is 0 Å². The van der Waals surface area contributed by atoms with E-state index in [9.17, 15) is 19.2 Å². The quantitative estimate of drug-likeness (QED) is 0.390. The second kappa shape index (κ2) is 12.8. The van der Waals surface area contributed by atoms with Gasteiger partial charge in [0.2, 0.25) is 11.8 Å². The van der Waals surface area contributed by atoms with Crippen LogP contribution in [-0.2, 0) is 14.4 Å². The van der Waals surface area contributed by atoms with E-state index in [1.165, 1.54) is 6.92 Å². The number of nitrogens with one attached hydrogen (secondary N) is 2. The molecule has 0 saturated heterocycles. The predicted molar refractivity (Wildman–Crippen MR) is 114 cm³/mol. The van der Waals surface area contributed by atoms with E-state index in [0.717, 1.165) is 19.3 Å². The number of nitrogens with zero attached hydrogens (tertiary/aromatic N) is 1. The van der Waals surface area contributed by atoms with Crippen molar-refractivity contribution in [1.29, 1.82) is 0 Å². The fraction of sp³-hybridized carbons (Fsp3) is 0.545. The molecule has 0 saturated carbocycles. The zero-order valence-corrected chi connectivity index (χ0v) is 17.9. The van der Waals surface area contributed by atoms with Gasteiger partial charge in [0.1, 0.15) is 11.8 Å². The number of unbranched alkanes of at least 4 members (excludes halogenated alkanes) is 2. The summed E-state index contributed by atoms with van der Waals surface area (Å²) < 4.78 is 0. The molecule has 1 rings (SSSR count). The van der Waals surface area contributed by atoms with Crippen molar-refractivity contribution in [2.24, 2.45) is 0 Å². The summed E-state index contributed by atoms with van der Waals surface area (Å²) in [5.74, 6) is -0.390. The van der Waals surface area contributed by atoms with Crippen molar-refractivity contribution in [2.45, 2.75) is 58.4 Å². The van der Waals surface area contributed by atoms with Crippen LogP contribution < -0.4 is 10.6 Å². The van der Waals surface area contributed by atoms with Crippen LogP contribution in [0.4, 0.5) is 5.69 Å². The molecule has 0 bridgehead atoms. The zero-order valence-electron chi connectivity index (χ0n) is 17.9. The monoisotopic (exact) mass is 403 g/mol. The highest BCUT2D eigenvalue weighted by atomic mass is 16.2. The lowest BCUT2D eigenvalue weighted by molar-refractivity contribution is -0.127. The molecular weight excluding hydrogens is 370 g/mol. The molecule has 1 atom stereocenters. The second-order valence-electron chi connectivity index (χ2n) is 7.48. The van der Waals surface area contributed by atoms with Gasteiger partial charge in [0.25, 0.3) is 0 Å². The van der Waals surface area contributed by atoms with Gasteiger partial charge in [-0.15, -0.1) is 0 Å². The van der Waals surface area contributed by atoms with Crippen molar-refractivity contribution in [3.05, 3.63) is 29.8 Å². The highest BCUT2D eigenvalue weighted by Gasteiger charge is 2.21. The van der Waals surface area contributed by atoms with E-state index in [4.69, 9.17) is 0 Å². The molecule has 7 heteroatoms. The number of Topliss-reactive ketones (excluding diaryl/α,β-unsaturated/α-hetero) is 2. The van der Waals surface area contributed by atoms with E-state index < -0.39 is 6.04 Å². The number of benzene rings is 1. The number of hydrogen-bond donors (Lipinski definition) is 2. The lowest BCUT2D eigenvalue weighted by atomic mass is 10.0. The van der Waals surface area contributed by atoms with E-state index in [-0.39, 0.29) is 29.9 Å². The van der Waals surface area contributed by atoms with Crippen molar-refractivity contribution >= 4 is 29.1 Å². The van der Waals surface area contributed by atoms with Gasteiger partial charge >= 0.3 is 0 Å². The predicted octanol–water partition coefficient (Wildman–Crippen LogP) is 2.80. The lowest BCUT2D eigenvalue weighted by Crippen LogP contribution is -2.46. The molecule has 0 aliphatic heterocycles. The third-order valence-electron chi connectivity index (χ3n) is 4.49. The topological polar surface area (TPSA) is 95.6 Å². The summed E-state index contributed by atoms with van der Waals surface area (Å²) in [4.78, 5) is 49.6. The largest absolute Gasteiger partial charge is 0.343 e. The number of hydrogen-bond acceptors (Lipinski definition) is 5. The molecule has 0 fully saturated rings. The van der Waals surface area contributed by atoms with E-state index in [0.29, 0.717) is 30.5 Å². The van der Waals surface area contributed by atoms with Gasteiger partial charge in [0.05, 0.1) is 6.54 Å². The van der Waals surface area contributed by atoms with E-state index in [1.807, 2.05) is 6.92 Å². The van der Waals surface area contributed by atoms with Crippen LogP contribution in [0.15, 0.2) is 24.3 Å². The van der Waals surface area contributed by atoms with Crippen molar-refractivity contribution < 1.29 is 19.2 Å². The molecular formula is C22H33N3O4. The normalized spacial score (nSPS) is 11.8. The first-order valence-electron chi connectivity index (χ1n) is 10.1. The van der Waals surface area contributed by atoms with Gasteiger partial charge in [-0.25, -0.2) is 0 Å². The minimum atomic E-state index is -0.676. The van der Waals surface area contributed by atoms with Crippen molar-refractivity contribution in [2.75, 3.05) is 26.0 Å². The van der Waals surface area contributed by atoms with Crippen molar-refractivity contribution in [1.82, 2.24) is 10.2 Å². The number of carbonyl (C=O) groups is 4. The van der Waals surface area contributed by atoms with Crippen LogP contribution in [0.2, 0.25) is 0 Å². The first-order valence-corrected chi connectivity index (χ1v) is 10.1. The van der Waals surface area contributed by atoms with Crippen LogP contribution >= 0.6 is 0 Å². The second-order valence-corrected chi connectivity index (χ2v) is 7.48. The van der Waals surface area contributed by atoms with Gasteiger partial charge in [0, 0.05) is 24.1 Å². The summed E-state index contributed by atoms with van der Waals surface area (Å²) in [6, 6.07) is 6.04. The van der Waals surface area contributed by atoms with Crippen LogP contribution in [0, 0.1) is 0 Å². The standard InChI is InChI=1S/C22H33N3O4/c1-5-19(27)12-7-6-8-13-20(24-21(28)15-25(3)4)22(29)23-18-11-9-10-17(14-18)16(2)26/h9-11,14,20H,5-8,12-13,15H2,1-4H3,(H,23,29)(H,24,28). The summed E-state index contributed by atoms with van der Waals surface area (Å²) in [5.41, 5.74) is 1.03. The Morgan fingerprint density at radius 1 is 1.07 bits per heavy atom. The maximum Gasteiger partial charge on any atom is 0.246 e. The fourth-order valence-corrected chi connectivity index (χ4v) is 2.87. The maximum absolute atomic E-state index is 12.8. The molecule has 0 spiro atoms. The molecule has 0 radical (unpaired) electrons. The molecule has 1 aromatic rings. The first kappa shape index (κ1) is 24.5. The van der Waals surface area contributed by atoms with Crippen LogP contribution in [0.1, 0.15) is 62.7 Å². The molecule has 0 aromatic heterocycles. The molecule has 7 nitrogen and oxygen atoms in total. The summed E-state index contributed by atoms with van der Waals surface area (Å²) in [6.07, 6.45) is 3.91. The first-order chi connectivity index (χ1) is 13.7. The maximum atomic E-state index is 12.8. The molecule has 29 heavy (non-hydrogen) atoms. The molecule has 160 valence electrons. The van der Waals surface area contributed by atoms with Crippen molar-refractivity contribution in [3.63, 3.8) is 0 Å². The number of ketones is 2. The number of amides is 2. The highest BCUT2D eigenvalue weighted by molar-refractivity contribution is 5.99. The Balaban J connectivity index is 2.71. The van der Waals surface area contributed by atoms with Gasteiger partial charge < -0.3 is 15.5 Å². The summed E-state index contributed by atoms with van der Waals surface area (Å²) >= 11 is 0. The number of likely N-dealkylation sites (N-methyl/N-ethyl adjacent to an activating group) is 1. The van der Waals surface area contributed by atoms with Crippen LogP contribution in [0.25, 0.3) is 0 Å². The molecule has 0 aliphatic carbocycles. The molecule has 2 amide bonds. The third-order valence-corrected chi connectivity index (χ3v) is 4.49. The third kappa shape index (κ3) is 9.99. The average Bonchev–Trinajstić information content (AvgIpc) is 2.66. The zero-order chi connectivity index (χ0) is 21.8. The average molecular weight is 404 g/mol. The van der Waals surface area contributed by atoms with E-state index >= 15 is 0 Å². The van der Waals surface area contributed by atoms with Crippen LogP contribution in [0.3, 0.4) is 0 Å².